The standard InChI is InChI=1S/C26H31N5O4/c1-15-14-18(12-13-27-15)28-25-29-23-20-9-4-16(2)30(26(34)35-3)21(20)10-11-22(23)31(25)19-7-5-17(6-8-19)24(32)33/h10-14,16-17,19H,4-9H2,1-3H3,(H,32,33)(H,27,28,29). The number of hydrogen-bond acceptors (Lipinski definition) is 6. The molecule has 0 radical (unpaired) electrons. The number of carboxylic acids is 1. The average molecular weight is 478 g/mol. The summed E-state index contributed by atoms with van der Waals surface area (Å²) >= 11 is 0. The van der Waals surface area contributed by atoms with Crippen LogP contribution in [-0.4, -0.2) is 44.9 Å². The summed E-state index contributed by atoms with van der Waals surface area (Å²) in [4.78, 5) is 35.1. The third-order valence-electron chi connectivity index (χ3n) is 7.39. The fourth-order valence-corrected chi connectivity index (χ4v) is 5.57. The highest BCUT2D eigenvalue weighted by molar-refractivity contribution is 5.96. The number of rotatable bonds is 4. The summed E-state index contributed by atoms with van der Waals surface area (Å²) < 4.78 is 7.29. The van der Waals surface area contributed by atoms with Crippen LogP contribution in [0.3, 0.4) is 0 Å². The zero-order valence-corrected chi connectivity index (χ0v) is 20.3. The maximum atomic E-state index is 12.6. The second-order valence-corrected chi connectivity index (χ2v) is 9.62. The highest BCUT2D eigenvalue weighted by Gasteiger charge is 2.33. The summed E-state index contributed by atoms with van der Waals surface area (Å²) in [7, 11) is 1.41. The topological polar surface area (TPSA) is 110 Å². The van der Waals surface area contributed by atoms with E-state index in [-0.39, 0.29) is 24.1 Å². The van der Waals surface area contributed by atoms with Crippen molar-refractivity contribution in [2.24, 2.45) is 5.92 Å². The number of pyridine rings is 1. The van der Waals surface area contributed by atoms with E-state index < -0.39 is 5.97 Å². The fourth-order valence-electron chi connectivity index (χ4n) is 5.57. The first-order valence-corrected chi connectivity index (χ1v) is 12.2. The number of amides is 1. The quantitative estimate of drug-likeness (QED) is 0.531. The summed E-state index contributed by atoms with van der Waals surface area (Å²) in [6.45, 7) is 3.97. The lowest BCUT2D eigenvalue weighted by atomic mass is 9.86. The van der Waals surface area contributed by atoms with Gasteiger partial charge < -0.3 is 19.7 Å². The Labute approximate surface area is 204 Å². The Morgan fingerprint density at radius 2 is 1.91 bits per heavy atom. The van der Waals surface area contributed by atoms with Crippen LogP contribution in [0.5, 0.6) is 0 Å². The third kappa shape index (κ3) is 4.19. The van der Waals surface area contributed by atoms with Crippen LogP contribution in [0.4, 0.5) is 22.1 Å². The molecule has 1 amide bonds. The molecule has 0 saturated heterocycles. The number of aliphatic carboxylic acids is 1. The largest absolute Gasteiger partial charge is 0.481 e. The predicted molar refractivity (Wildman–Crippen MR) is 133 cm³/mol. The first-order chi connectivity index (χ1) is 16.9. The fraction of sp³-hybridized carbons (Fsp3) is 0.462. The minimum atomic E-state index is -0.712. The molecule has 1 fully saturated rings. The van der Waals surface area contributed by atoms with Crippen LogP contribution in [0.15, 0.2) is 30.5 Å². The van der Waals surface area contributed by atoms with E-state index >= 15 is 0 Å². The highest BCUT2D eigenvalue weighted by Crippen LogP contribution is 2.41. The molecule has 5 rings (SSSR count). The Balaban J connectivity index is 1.62. The van der Waals surface area contributed by atoms with Crippen molar-refractivity contribution >= 4 is 40.4 Å². The molecule has 2 aromatic heterocycles. The maximum absolute atomic E-state index is 12.6. The number of fused-ring (bicyclic) bond motifs is 3. The Morgan fingerprint density at radius 1 is 1.14 bits per heavy atom. The molecule has 35 heavy (non-hydrogen) atoms. The van der Waals surface area contributed by atoms with Crippen LogP contribution in [0, 0.1) is 12.8 Å². The van der Waals surface area contributed by atoms with Crippen LogP contribution in [0.1, 0.15) is 56.3 Å². The van der Waals surface area contributed by atoms with Crippen molar-refractivity contribution in [3.8, 4) is 0 Å². The minimum Gasteiger partial charge on any atom is -0.481 e. The van der Waals surface area contributed by atoms with Crippen molar-refractivity contribution in [2.75, 3.05) is 17.3 Å². The number of methoxy groups -OCH3 is 1. The van der Waals surface area contributed by atoms with Gasteiger partial charge in [0.25, 0.3) is 0 Å². The molecule has 1 aliphatic heterocycles. The molecule has 1 unspecified atom stereocenters. The molecule has 3 heterocycles. The molecule has 0 bridgehead atoms. The van der Waals surface area contributed by atoms with E-state index in [9.17, 15) is 14.7 Å². The van der Waals surface area contributed by atoms with Crippen LogP contribution in [-0.2, 0) is 16.0 Å². The number of anilines is 3. The van der Waals surface area contributed by atoms with Gasteiger partial charge in [-0.05, 0) is 76.6 Å². The van der Waals surface area contributed by atoms with Gasteiger partial charge >= 0.3 is 12.1 Å². The van der Waals surface area contributed by atoms with Crippen molar-refractivity contribution in [1.82, 2.24) is 14.5 Å². The number of imidazole rings is 1. The normalized spacial score (nSPS) is 22.0. The monoisotopic (exact) mass is 477 g/mol. The SMILES string of the molecule is COC(=O)N1c2ccc3c(nc(Nc4ccnc(C)c4)n3C3CCC(C(=O)O)CC3)c2CCC1C. The van der Waals surface area contributed by atoms with Gasteiger partial charge in [0.05, 0.1) is 29.7 Å². The van der Waals surface area contributed by atoms with Crippen molar-refractivity contribution in [3.63, 3.8) is 0 Å². The molecule has 2 N–H and O–H groups in total. The Bertz CT molecular complexity index is 1280. The Hall–Kier alpha value is -3.62. The summed E-state index contributed by atoms with van der Waals surface area (Å²) in [6.07, 6.45) is 5.87. The van der Waals surface area contributed by atoms with E-state index in [4.69, 9.17) is 9.72 Å². The second-order valence-electron chi connectivity index (χ2n) is 9.62. The van der Waals surface area contributed by atoms with Crippen molar-refractivity contribution in [3.05, 3.63) is 41.7 Å². The zero-order chi connectivity index (χ0) is 24.7. The van der Waals surface area contributed by atoms with Crippen LogP contribution >= 0.6 is 0 Å². The van der Waals surface area contributed by atoms with Gasteiger partial charge in [-0.3, -0.25) is 14.7 Å². The lowest BCUT2D eigenvalue weighted by Gasteiger charge is -2.34. The smallest absolute Gasteiger partial charge is 0.414 e. The van der Waals surface area contributed by atoms with Crippen LogP contribution in [0.2, 0.25) is 0 Å². The Morgan fingerprint density at radius 3 is 2.60 bits per heavy atom. The van der Waals surface area contributed by atoms with Gasteiger partial charge in [-0.25, -0.2) is 9.78 Å². The van der Waals surface area contributed by atoms with E-state index in [2.05, 4.69) is 14.9 Å². The molecule has 1 atom stereocenters. The third-order valence-corrected chi connectivity index (χ3v) is 7.39. The van der Waals surface area contributed by atoms with E-state index in [1.165, 1.54) is 7.11 Å². The molecule has 1 aromatic carbocycles. The van der Waals surface area contributed by atoms with E-state index in [1.807, 2.05) is 38.1 Å². The maximum Gasteiger partial charge on any atom is 0.414 e. The minimum absolute atomic E-state index is 0.0400. The Kier molecular flexibility index (Phi) is 6.08. The molecule has 9 nitrogen and oxygen atoms in total. The van der Waals surface area contributed by atoms with E-state index in [0.29, 0.717) is 12.8 Å². The van der Waals surface area contributed by atoms with Crippen LogP contribution < -0.4 is 10.2 Å². The summed E-state index contributed by atoms with van der Waals surface area (Å²) in [5.41, 5.74) is 5.55. The molecular formula is C26H31N5O4. The van der Waals surface area contributed by atoms with Crippen molar-refractivity contribution in [2.45, 2.75) is 64.5 Å². The van der Waals surface area contributed by atoms with Gasteiger partial charge in [0.2, 0.25) is 5.95 Å². The molecule has 0 spiro atoms. The number of nitrogens with one attached hydrogen (secondary N) is 1. The van der Waals surface area contributed by atoms with Gasteiger partial charge in [-0.15, -0.1) is 0 Å². The van der Waals surface area contributed by atoms with E-state index in [1.54, 1.807) is 11.1 Å². The van der Waals surface area contributed by atoms with Gasteiger partial charge in [0.1, 0.15) is 0 Å². The first-order valence-electron chi connectivity index (χ1n) is 12.2. The summed E-state index contributed by atoms with van der Waals surface area (Å²) in [6, 6.07) is 8.08. The number of aromatic nitrogens is 3. The van der Waals surface area contributed by atoms with Crippen molar-refractivity contribution < 1.29 is 19.4 Å². The number of carbonyl (C=O) groups excluding carboxylic acids is 1. The molecule has 1 aliphatic carbocycles. The molecule has 3 aromatic rings. The molecular weight excluding hydrogens is 446 g/mol. The van der Waals surface area contributed by atoms with Gasteiger partial charge in [0, 0.05) is 35.2 Å². The van der Waals surface area contributed by atoms with Gasteiger partial charge in [-0.2, -0.15) is 0 Å². The number of hydrogen-bond donors (Lipinski definition) is 2. The van der Waals surface area contributed by atoms with Gasteiger partial charge in [0.15, 0.2) is 0 Å². The van der Waals surface area contributed by atoms with Crippen molar-refractivity contribution in [1.29, 1.82) is 0 Å². The number of ether oxygens (including phenoxy) is 1. The second kappa shape index (κ2) is 9.20. The lowest BCUT2D eigenvalue weighted by Crippen LogP contribution is -2.42. The van der Waals surface area contributed by atoms with E-state index in [0.717, 1.165) is 65.3 Å². The number of aryl methyl sites for hydroxylation is 2. The number of benzene rings is 1. The number of carbonyl (C=O) groups is 2. The molecule has 1 saturated carbocycles. The molecule has 184 valence electrons. The number of carboxylic acid groups (broad SMARTS) is 1. The van der Waals surface area contributed by atoms with Crippen LogP contribution in [0.25, 0.3) is 11.0 Å². The summed E-state index contributed by atoms with van der Waals surface area (Å²) in [5.74, 6) is -0.278. The summed E-state index contributed by atoms with van der Waals surface area (Å²) in [5, 5.41) is 13.0. The molecule has 2 aliphatic rings. The average Bonchev–Trinajstić information content (AvgIpc) is 3.21. The molecule has 9 heteroatoms. The highest BCUT2D eigenvalue weighted by atomic mass is 16.5. The number of nitrogens with zero attached hydrogens (tertiary/aromatic N) is 4. The van der Waals surface area contributed by atoms with Gasteiger partial charge in [-0.1, -0.05) is 0 Å². The zero-order valence-electron chi connectivity index (χ0n) is 20.3. The lowest BCUT2D eigenvalue weighted by molar-refractivity contribution is -0.143. The first kappa shape index (κ1) is 23.1. The predicted octanol–water partition coefficient (Wildman–Crippen LogP) is 5.21.